The Kier molecular flexibility index (Phi) is 6.89. The summed E-state index contributed by atoms with van der Waals surface area (Å²) >= 11 is 5.99. The Morgan fingerprint density at radius 1 is 1.33 bits per heavy atom. The van der Waals surface area contributed by atoms with E-state index >= 15 is 0 Å². The summed E-state index contributed by atoms with van der Waals surface area (Å²) < 4.78 is 10.2. The highest BCUT2D eigenvalue weighted by atomic mass is 35.5. The first-order valence-corrected chi connectivity index (χ1v) is 7.03. The summed E-state index contributed by atoms with van der Waals surface area (Å²) in [6, 6.07) is 3.61. The van der Waals surface area contributed by atoms with E-state index in [9.17, 15) is 9.59 Å². The molecule has 128 valence electrons. The van der Waals surface area contributed by atoms with Crippen LogP contribution in [0.4, 0.5) is 5.69 Å². The number of hydrogen-bond acceptors (Lipinski definition) is 6. The van der Waals surface area contributed by atoms with Gasteiger partial charge in [0.15, 0.2) is 0 Å². The Morgan fingerprint density at radius 3 is 2.46 bits per heavy atom. The molecule has 0 aliphatic rings. The van der Waals surface area contributed by atoms with Gasteiger partial charge < -0.3 is 25.2 Å². The fraction of sp³-hybridized carbons (Fsp3) is 0.267. The summed E-state index contributed by atoms with van der Waals surface area (Å²) in [5.74, 6) is -1.29. The Bertz CT molecular complexity index is 712. The van der Waals surface area contributed by atoms with E-state index in [4.69, 9.17) is 31.4 Å². The lowest BCUT2D eigenvalue weighted by atomic mass is 10.2. The average molecular weight is 354 g/mol. The Morgan fingerprint density at radius 2 is 1.96 bits per heavy atom. The molecule has 0 aromatic heterocycles. The topological polar surface area (TPSA) is 121 Å². The summed E-state index contributed by atoms with van der Waals surface area (Å²) in [6.45, 7) is 1.29. The van der Waals surface area contributed by atoms with E-state index < -0.39 is 17.9 Å². The number of rotatable bonds is 7. The number of carbonyl (C=O) groups excluding carboxylic acids is 1. The zero-order chi connectivity index (χ0) is 18.3. The molecule has 0 aliphatic heterocycles. The van der Waals surface area contributed by atoms with Crippen molar-refractivity contribution >= 4 is 29.2 Å². The van der Waals surface area contributed by atoms with Gasteiger partial charge in [0, 0.05) is 18.3 Å². The van der Waals surface area contributed by atoms with Crippen LogP contribution in [-0.4, -0.2) is 37.2 Å². The van der Waals surface area contributed by atoms with Crippen LogP contribution in [-0.2, 0) is 9.59 Å². The number of benzene rings is 1. The number of nitrogens with zero attached hydrogens (tertiary/aromatic N) is 1. The van der Waals surface area contributed by atoms with Gasteiger partial charge in [0.05, 0.1) is 24.9 Å². The number of halogens is 1. The van der Waals surface area contributed by atoms with E-state index in [0.29, 0.717) is 22.2 Å². The van der Waals surface area contributed by atoms with Gasteiger partial charge in [0.25, 0.3) is 5.91 Å². The van der Waals surface area contributed by atoms with Gasteiger partial charge in [0.2, 0.25) is 0 Å². The number of nitrogens with one attached hydrogen (secondary N) is 2. The quantitative estimate of drug-likeness (QED) is 0.504. The number of methoxy groups -OCH3 is 2. The van der Waals surface area contributed by atoms with Crippen LogP contribution in [0.5, 0.6) is 11.5 Å². The zero-order valence-corrected chi connectivity index (χ0v) is 14.0. The van der Waals surface area contributed by atoms with E-state index in [1.807, 2.05) is 0 Å². The molecule has 0 spiro atoms. The molecular weight excluding hydrogens is 338 g/mol. The second-order valence-electron chi connectivity index (χ2n) is 4.53. The molecule has 24 heavy (non-hydrogen) atoms. The van der Waals surface area contributed by atoms with Crippen LogP contribution in [0.3, 0.4) is 0 Å². The van der Waals surface area contributed by atoms with Gasteiger partial charge in [-0.1, -0.05) is 11.6 Å². The molecule has 1 rings (SSSR count). The molecule has 1 atom stereocenters. The largest absolute Gasteiger partial charge is 0.495 e. The number of carboxylic acids is 1. The van der Waals surface area contributed by atoms with E-state index in [-0.39, 0.29) is 5.57 Å². The van der Waals surface area contributed by atoms with E-state index in [1.54, 1.807) is 6.07 Å². The number of ether oxygens (including phenoxy) is 2. The third-order valence-corrected chi connectivity index (χ3v) is 3.22. The van der Waals surface area contributed by atoms with Crippen LogP contribution in [0.15, 0.2) is 23.9 Å². The minimum absolute atomic E-state index is 0.306. The molecule has 0 fully saturated rings. The zero-order valence-electron chi connectivity index (χ0n) is 13.2. The van der Waals surface area contributed by atoms with Crippen molar-refractivity contribution in [2.75, 3.05) is 19.5 Å². The molecule has 0 aliphatic carbocycles. The van der Waals surface area contributed by atoms with Crippen molar-refractivity contribution < 1.29 is 24.2 Å². The molecule has 0 bridgehead atoms. The van der Waals surface area contributed by atoms with Gasteiger partial charge >= 0.3 is 5.97 Å². The molecule has 1 aromatic carbocycles. The second kappa shape index (κ2) is 8.64. The highest BCUT2D eigenvalue weighted by Crippen LogP contribution is 2.35. The van der Waals surface area contributed by atoms with Gasteiger partial charge in [-0.2, -0.15) is 5.26 Å². The van der Waals surface area contributed by atoms with Gasteiger partial charge in [-0.3, -0.25) is 9.59 Å². The van der Waals surface area contributed by atoms with Crippen molar-refractivity contribution in [3.05, 3.63) is 28.9 Å². The van der Waals surface area contributed by atoms with Gasteiger partial charge in [0.1, 0.15) is 29.2 Å². The molecule has 3 N–H and O–H groups in total. The van der Waals surface area contributed by atoms with E-state index in [0.717, 1.165) is 6.20 Å². The highest BCUT2D eigenvalue weighted by Gasteiger charge is 2.17. The lowest BCUT2D eigenvalue weighted by molar-refractivity contribution is -0.140. The predicted molar refractivity (Wildman–Crippen MR) is 87.1 cm³/mol. The number of carboxylic acid groups (broad SMARTS) is 1. The van der Waals surface area contributed by atoms with Gasteiger partial charge in [-0.15, -0.1) is 0 Å². The molecular formula is C15H16ClN3O5. The highest BCUT2D eigenvalue weighted by molar-refractivity contribution is 6.32. The fourth-order valence-electron chi connectivity index (χ4n) is 1.61. The smallest absolute Gasteiger partial charge is 0.325 e. The van der Waals surface area contributed by atoms with Crippen molar-refractivity contribution in [1.82, 2.24) is 5.32 Å². The van der Waals surface area contributed by atoms with Crippen LogP contribution < -0.4 is 20.1 Å². The van der Waals surface area contributed by atoms with Crippen LogP contribution in [0, 0.1) is 11.3 Å². The van der Waals surface area contributed by atoms with Crippen molar-refractivity contribution in [3.63, 3.8) is 0 Å². The Labute approximate surface area is 143 Å². The summed E-state index contributed by atoms with van der Waals surface area (Å²) in [6.07, 6.45) is 1.13. The van der Waals surface area contributed by atoms with Crippen LogP contribution in [0.2, 0.25) is 5.02 Å². The maximum atomic E-state index is 11.9. The van der Waals surface area contributed by atoms with Gasteiger partial charge in [-0.25, -0.2) is 0 Å². The first-order chi connectivity index (χ1) is 11.3. The van der Waals surface area contributed by atoms with E-state index in [1.165, 1.54) is 33.3 Å². The summed E-state index contributed by atoms with van der Waals surface area (Å²) in [7, 11) is 2.87. The molecule has 8 nitrogen and oxygen atoms in total. The number of carbonyl (C=O) groups is 2. The molecule has 0 saturated heterocycles. The molecule has 1 aromatic rings. The fourth-order valence-corrected chi connectivity index (χ4v) is 1.84. The summed E-state index contributed by atoms with van der Waals surface area (Å²) in [5.41, 5.74) is 0.102. The number of anilines is 1. The lowest BCUT2D eigenvalue weighted by Crippen LogP contribution is -2.39. The van der Waals surface area contributed by atoms with Gasteiger partial charge in [-0.05, 0) is 6.92 Å². The van der Waals surface area contributed by atoms with Crippen LogP contribution in [0.25, 0.3) is 0 Å². The van der Waals surface area contributed by atoms with E-state index in [2.05, 4.69) is 10.6 Å². The number of amides is 1. The number of aliphatic carboxylic acids is 1. The van der Waals surface area contributed by atoms with Crippen molar-refractivity contribution in [3.8, 4) is 17.6 Å². The molecule has 9 heteroatoms. The summed E-state index contributed by atoms with van der Waals surface area (Å²) in [5, 5.41) is 23.1. The van der Waals surface area contributed by atoms with Crippen molar-refractivity contribution in [1.29, 1.82) is 5.26 Å². The van der Waals surface area contributed by atoms with Crippen LogP contribution in [0.1, 0.15) is 6.92 Å². The maximum Gasteiger partial charge on any atom is 0.325 e. The van der Waals surface area contributed by atoms with Crippen molar-refractivity contribution in [2.45, 2.75) is 13.0 Å². The monoisotopic (exact) mass is 353 g/mol. The summed E-state index contributed by atoms with van der Waals surface area (Å²) in [4.78, 5) is 22.6. The first kappa shape index (κ1) is 19.1. The predicted octanol–water partition coefficient (Wildman–Crippen LogP) is 1.77. The molecule has 1 unspecified atom stereocenters. The standard InChI is InChI=1S/C15H16ClN3O5/c1-8(15(21)22)19-14(20)9(6-17)7-18-11-5-12(23-2)10(16)4-13(11)24-3/h4-5,7-8,18H,1-3H3,(H,19,20)(H,21,22)/b9-7-. The molecule has 0 radical (unpaired) electrons. The van der Waals surface area contributed by atoms with Crippen molar-refractivity contribution in [2.24, 2.45) is 0 Å². The lowest BCUT2D eigenvalue weighted by Gasteiger charge is -2.12. The Balaban J connectivity index is 3.02. The third kappa shape index (κ3) is 4.79. The van der Waals surface area contributed by atoms with Crippen LogP contribution >= 0.6 is 11.6 Å². The number of nitriles is 1. The first-order valence-electron chi connectivity index (χ1n) is 6.66. The second-order valence-corrected chi connectivity index (χ2v) is 4.94. The molecule has 1 amide bonds. The maximum absolute atomic E-state index is 11.9. The third-order valence-electron chi connectivity index (χ3n) is 2.93. The minimum atomic E-state index is -1.21. The average Bonchev–Trinajstić information content (AvgIpc) is 2.55. The Hall–Kier alpha value is -2.92. The SMILES string of the molecule is COc1cc(N/C=C(/C#N)C(=O)NC(C)C(=O)O)c(OC)cc1Cl. The molecule has 0 saturated carbocycles. The molecule has 0 heterocycles. The minimum Gasteiger partial charge on any atom is -0.495 e. The number of hydrogen-bond donors (Lipinski definition) is 3. The normalized spacial score (nSPS) is 11.9.